The first-order valence-corrected chi connectivity index (χ1v) is 8.49. The topological polar surface area (TPSA) is 47.4 Å². The van der Waals surface area contributed by atoms with Crippen LogP contribution in [0.4, 0.5) is 13.2 Å². The Bertz CT molecular complexity index is 910. The number of ether oxygens (including phenoxy) is 1. The third kappa shape index (κ3) is 3.82. The molecule has 2 aromatic heterocycles. The van der Waals surface area contributed by atoms with Gasteiger partial charge in [0.1, 0.15) is 10.6 Å². The maximum absolute atomic E-state index is 12.6. The van der Waals surface area contributed by atoms with Crippen molar-refractivity contribution < 1.29 is 22.7 Å². The zero-order valence-electron chi connectivity index (χ0n) is 14.3. The lowest BCUT2D eigenvalue weighted by molar-refractivity contribution is -0.274. The van der Waals surface area contributed by atoms with Crippen molar-refractivity contribution >= 4 is 27.5 Å². The van der Waals surface area contributed by atoms with E-state index in [1.165, 1.54) is 40.5 Å². The molecule has 0 aliphatic heterocycles. The number of halogens is 3. The first-order valence-electron chi connectivity index (χ1n) is 7.67. The molecule has 0 saturated heterocycles. The highest BCUT2D eigenvalue weighted by Crippen LogP contribution is 2.29. The van der Waals surface area contributed by atoms with Crippen molar-refractivity contribution in [2.75, 3.05) is 7.05 Å². The molecule has 3 rings (SSSR count). The number of carbonyl (C=O) groups is 1. The molecule has 1 amide bonds. The lowest BCUT2D eigenvalue weighted by atomic mass is 10.2. The first kappa shape index (κ1) is 18.2. The molecule has 26 heavy (non-hydrogen) atoms. The Kier molecular flexibility index (Phi) is 4.66. The van der Waals surface area contributed by atoms with Crippen LogP contribution >= 0.6 is 11.3 Å². The fraction of sp³-hybridized carbons (Fsp3) is 0.294. The molecule has 0 fully saturated rings. The van der Waals surface area contributed by atoms with Crippen molar-refractivity contribution in [1.29, 1.82) is 0 Å². The second kappa shape index (κ2) is 6.64. The van der Waals surface area contributed by atoms with E-state index in [-0.39, 0.29) is 18.2 Å². The number of benzene rings is 1. The van der Waals surface area contributed by atoms with E-state index in [0.717, 1.165) is 15.9 Å². The van der Waals surface area contributed by atoms with Crippen LogP contribution in [0.1, 0.15) is 20.9 Å². The molecule has 1 aromatic carbocycles. The molecule has 5 nitrogen and oxygen atoms in total. The van der Waals surface area contributed by atoms with Gasteiger partial charge in [0.25, 0.3) is 5.91 Å². The number of fused-ring (bicyclic) bond motifs is 1. The minimum absolute atomic E-state index is 0.152. The quantitative estimate of drug-likeness (QED) is 0.681. The fourth-order valence-electron chi connectivity index (χ4n) is 2.64. The molecule has 0 atom stereocenters. The van der Waals surface area contributed by atoms with Crippen LogP contribution in [0.3, 0.4) is 0 Å². The summed E-state index contributed by atoms with van der Waals surface area (Å²) < 4.78 is 42.1. The molecular formula is C17H16F3N3O2S. The molecule has 0 aliphatic rings. The number of alkyl halides is 3. The van der Waals surface area contributed by atoms with Crippen molar-refractivity contribution in [1.82, 2.24) is 14.7 Å². The highest BCUT2D eigenvalue weighted by molar-refractivity contribution is 7.20. The molecule has 138 valence electrons. The molecule has 0 spiro atoms. The van der Waals surface area contributed by atoms with Crippen LogP contribution in [0.5, 0.6) is 5.75 Å². The largest absolute Gasteiger partial charge is 0.573 e. The van der Waals surface area contributed by atoms with Gasteiger partial charge in [-0.15, -0.1) is 24.5 Å². The third-order valence-corrected chi connectivity index (χ3v) is 5.02. The summed E-state index contributed by atoms with van der Waals surface area (Å²) in [6.07, 6.45) is -4.72. The standard InChI is InChI=1S/C17H16F3N3O2S/c1-10-13-8-14(26-16(13)23(3)21-10)15(24)22(2)9-11-4-6-12(7-5-11)25-17(18,19)20/h4-8H,9H2,1-3H3. The van der Waals surface area contributed by atoms with Gasteiger partial charge in [-0.1, -0.05) is 12.1 Å². The van der Waals surface area contributed by atoms with Crippen molar-refractivity contribution in [3.05, 3.63) is 46.5 Å². The first-order chi connectivity index (χ1) is 12.1. The SMILES string of the molecule is Cc1nn(C)c2sc(C(=O)N(C)Cc3ccc(OC(F)(F)F)cc3)cc12. The fourth-order valence-corrected chi connectivity index (χ4v) is 3.76. The van der Waals surface area contributed by atoms with Gasteiger partial charge in [0.15, 0.2) is 0 Å². The Hall–Kier alpha value is -2.55. The van der Waals surface area contributed by atoms with Crippen molar-refractivity contribution in [3.8, 4) is 5.75 Å². The number of aryl methyl sites for hydroxylation is 2. The summed E-state index contributed by atoms with van der Waals surface area (Å²) in [5.74, 6) is -0.441. The van der Waals surface area contributed by atoms with Crippen molar-refractivity contribution in [3.63, 3.8) is 0 Å². The van der Waals surface area contributed by atoms with Gasteiger partial charge in [0.05, 0.1) is 10.6 Å². The predicted octanol–water partition coefficient (Wildman–Crippen LogP) is 4.11. The number of hydrogen-bond donors (Lipinski definition) is 0. The van der Waals surface area contributed by atoms with E-state index in [9.17, 15) is 18.0 Å². The van der Waals surface area contributed by atoms with Crippen LogP contribution in [0, 0.1) is 6.92 Å². The average molecular weight is 383 g/mol. The van der Waals surface area contributed by atoms with E-state index in [1.807, 2.05) is 20.0 Å². The summed E-state index contributed by atoms with van der Waals surface area (Å²) in [5.41, 5.74) is 1.56. The molecule has 0 unspecified atom stereocenters. The van der Waals surface area contributed by atoms with Crippen molar-refractivity contribution in [2.45, 2.75) is 19.8 Å². The number of nitrogens with zero attached hydrogens (tertiary/aromatic N) is 3. The van der Waals surface area contributed by atoms with Gasteiger partial charge in [0.2, 0.25) is 0 Å². The van der Waals surface area contributed by atoms with E-state index < -0.39 is 6.36 Å². The molecule has 0 saturated carbocycles. The van der Waals surface area contributed by atoms with Crippen molar-refractivity contribution in [2.24, 2.45) is 7.05 Å². The van der Waals surface area contributed by atoms with E-state index in [2.05, 4.69) is 9.84 Å². The summed E-state index contributed by atoms with van der Waals surface area (Å²) in [6, 6.07) is 7.29. The number of rotatable bonds is 4. The minimum atomic E-state index is -4.72. The summed E-state index contributed by atoms with van der Waals surface area (Å²) in [7, 11) is 3.48. The zero-order valence-corrected chi connectivity index (χ0v) is 15.1. The normalized spacial score (nSPS) is 11.8. The van der Waals surface area contributed by atoms with E-state index >= 15 is 0 Å². The van der Waals surface area contributed by atoms with Gasteiger partial charge < -0.3 is 9.64 Å². The van der Waals surface area contributed by atoms with Crippen LogP contribution in [0.25, 0.3) is 10.2 Å². The van der Waals surface area contributed by atoms with Gasteiger partial charge in [0, 0.05) is 26.0 Å². The van der Waals surface area contributed by atoms with Gasteiger partial charge >= 0.3 is 6.36 Å². The Balaban J connectivity index is 1.71. The van der Waals surface area contributed by atoms with Gasteiger partial charge in [-0.2, -0.15) is 5.10 Å². The third-order valence-electron chi connectivity index (χ3n) is 3.83. The highest BCUT2D eigenvalue weighted by Gasteiger charge is 2.31. The Morgan fingerprint density at radius 3 is 2.54 bits per heavy atom. The molecule has 0 aliphatic carbocycles. The molecule has 0 N–H and O–H groups in total. The predicted molar refractivity (Wildman–Crippen MR) is 92.3 cm³/mol. The molecular weight excluding hydrogens is 367 g/mol. The lowest BCUT2D eigenvalue weighted by Crippen LogP contribution is -2.25. The minimum Gasteiger partial charge on any atom is -0.406 e. The molecule has 0 radical (unpaired) electrons. The summed E-state index contributed by atoms with van der Waals surface area (Å²) in [5, 5.41) is 5.25. The van der Waals surface area contributed by atoms with Gasteiger partial charge in [-0.05, 0) is 30.7 Å². The van der Waals surface area contributed by atoms with Gasteiger partial charge in [-0.3, -0.25) is 9.48 Å². The van der Waals surface area contributed by atoms with E-state index in [0.29, 0.717) is 10.4 Å². The maximum atomic E-state index is 12.6. The van der Waals surface area contributed by atoms with E-state index in [1.54, 1.807) is 11.7 Å². The summed E-state index contributed by atoms with van der Waals surface area (Å²) in [6.45, 7) is 2.16. The van der Waals surface area contributed by atoms with Crippen LogP contribution < -0.4 is 4.74 Å². The van der Waals surface area contributed by atoms with Crippen LogP contribution in [0.2, 0.25) is 0 Å². The number of carbonyl (C=O) groups excluding carboxylic acids is 1. The Labute approximate surface area is 151 Å². The van der Waals surface area contributed by atoms with Gasteiger partial charge in [-0.25, -0.2) is 0 Å². The number of amides is 1. The second-order valence-electron chi connectivity index (χ2n) is 5.89. The summed E-state index contributed by atoms with van der Waals surface area (Å²) >= 11 is 1.36. The summed E-state index contributed by atoms with van der Waals surface area (Å²) in [4.78, 5) is 15.7. The van der Waals surface area contributed by atoms with Crippen LogP contribution in [-0.2, 0) is 13.6 Å². The number of hydrogen-bond acceptors (Lipinski definition) is 4. The Morgan fingerprint density at radius 2 is 1.96 bits per heavy atom. The zero-order chi connectivity index (χ0) is 19.1. The maximum Gasteiger partial charge on any atom is 0.573 e. The lowest BCUT2D eigenvalue weighted by Gasteiger charge is -2.17. The monoisotopic (exact) mass is 383 g/mol. The average Bonchev–Trinajstić information content (AvgIpc) is 3.09. The molecule has 9 heteroatoms. The molecule has 0 bridgehead atoms. The second-order valence-corrected chi connectivity index (χ2v) is 6.92. The molecule has 3 aromatic rings. The Morgan fingerprint density at radius 1 is 1.31 bits per heavy atom. The highest BCUT2D eigenvalue weighted by atomic mass is 32.1. The smallest absolute Gasteiger partial charge is 0.406 e. The number of aromatic nitrogens is 2. The number of thiophene rings is 1. The van der Waals surface area contributed by atoms with E-state index in [4.69, 9.17) is 0 Å². The van der Waals surface area contributed by atoms with Crippen LogP contribution in [0.15, 0.2) is 30.3 Å². The van der Waals surface area contributed by atoms with Crippen LogP contribution in [-0.4, -0.2) is 34.0 Å². The molecule has 2 heterocycles.